The van der Waals surface area contributed by atoms with E-state index in [1.807, 2.05) is 36.5 Å². The van der Waals surface area contributed by atoms with Crippen LogP contribution >= 0.6 is 7.82 Å². The van der Waals surface area contributed by atoms with Crippen LogP contribution in [0, 0.1) is 5.92 Å². The summed E-state index contributed by atoms with van der Waals surface area (Å²) in [6, 6.07) is 0. The molecule has 0 aliphatic heterocycles. The van der Waals surface area contributed by atoms with Crippen molar-refractivity contribution < 1.29 is 52.9 Å². The van der Waals surface area contributed by atoms with Gasteiger partial charge in [0.1, 0.15) is 12.7 Å². The molecule has 302 valence electrons. The van der Waals surface area contributed by atoms with E-state index in [2.05, 4.69) is 31.4 Å². The quantitative estimate of drug-likeness (QED) is 0.0161. The molecule has 0 spiro atoms. The summed E-state index contributed by atoms with van der Waals surface area (Å²) >= 11 is 0. The first-order valence-corrected chi connectivity index (χ1v) is 21.1. The fraction of sp³-hybridized carbons (Fsp3) is 0.750. The van der Waals surface area contributed by atoms with Crippen LogP contribution in [-0.4, -0.2) is 76.9 Å². The Hall–Kier alpha value is -2.11. The highest BCUT2D eigenvalue weighted by molar-refractivity contribution is 7.47. The van der Waals surface area contributed by atoms with Crippen molar-refractivity contribution in [1.82, 2.24) is 0 Å². The SMILES string of the molecule is CCCCC/C=C\C[C@H](O)/C=C/C=C\C/C=C\CCCC(=O)O[C@H](COC(=O)CCCCCCCCCCC(C)C)COP(=O)(O)OC[C@@H](O)CO. The summed E-state index contributed by atoms with van der Waals surface area (Å²) in [4.78, 5) is 34.8. The number of aliphatic hydroxyl groups is 3. The van der Waals surface area contributed by atoms with Gasteiger partial charge in [0.25, 0.3) is 0 Å². The van der Waals surface area contributed by atoms with Crippen molar-refractivity contribution >= 4 is 19.8 Å². The van der Waals surface area contributed by atoms with E-state index in [9.17, 15) is 29.3 Å². The third-order valence-corrected chi connectivity index (χ3v) is 8.95. The van der Waals surface area contributed by atoms with E-state index in [4.69, 9.17) is 19.1 Å². The van der Waals surface area contributed by atoms with Crippen molar-refractivity contribution in [1.29, 1.82) is 0 Å². The summed E-state index contributed by atoms with van der Waals surface area (Å²) in [5, 5.41) is 28.3. The van der Waals surface area contributed by atoms with E-state index < -0.39 is 57.9 Å². The molecule has 0 saturated carbocycles. The molecule has 0 aliphatic rings. The number of phosphoric acid groups is 1. The summed E-state index contributed by atoms with van der Waals surface area (Å²) in [7, 11) is -4.64. The summed E-state index contributed by atoms with van der Waals surface area (Å²) in [6.07, 6.45) is 29.9. The lowest BCUT2D eigenvalue weighted by atomic mass is 10.0. The minimum absolute atomic E-state index is 0.0754. The predicted molar refractivity (Wildman–Crippen MR) is 206 cm³/mol. The molecule has 0 aliphatic carbocycles. The van der Waals surface area contributed by atoms with Gasteiger partial charge in [-0.3, -0.25) is 18.6 Å². The number of phosphoric ester groups is 1. The van der Waals surface area contributed by atoms with Crippen LogP contribution in [0.15, 0.2) is 48.6 Å². The summed E-state index contributed by atoms with van der Waals surface area (Å²) in [5.74, 6) is -0.283. The van der Waals surface area contributed by atoms with Crippen LogP contribution in [-0.2, 0) is 32.7 Å². The third-order valence-electron chi connectivity index (χ3n) is 7.99. The molecule has 4 N–H and O–H groups in total. The van der Waals surface area contributed by atoms with Crippen LogP contribution < -0.4 is 0 Å². The van der Waals surface area contributed by atoms with Crippen LogP contribution in [0.3, 0.4) is 0 Å². The smallest absolute Gasteiger partial charge is 0.462 e. The number of rotatable bonds is 35. The Morgan fingerprint density at radius 1 is 0.712 bits per heavy atom. The van der Waals surface area contributed by atoms with Gasteiger partial charge in [0.05, 0.1) is 25.9 Å². The van der Waals surface area contributed by atoms with Gasteiger partial charge >= 0.3 is 19.8 Å². The standard InChI is InChI=1S/C40H71O11P/c1-4-5-6-7-17-22-27-36(42)28-23-18-13-9-11-15-20-25-30-40(45)51-38(34-50-52(46,47)49-32-37(43)31-41)33-48-39(44)29-24-19-14-10-8-12-16-21-26-35(2)3/h11,13,15,17-18,22-23,28,35-38,41-43H,4-10,12,14,16,19-21,24-27,29-34H2,1-3H3,(H,46,47)/b15-11-,18-13-,22-17-,28-23+/t36-,37-,38+/m0/s1. The topological polar surface area (TPSA) is 169 Å². The highest BCUT2D eigenvalue weighted by atomic mass is 31.2. The number of ether oxygens (including phenoxy) is 2. The van der Waals surface area contributed by atoms with E-state index in [1.165, 1.54) is 51.4 Å². The Labute approximate surface area is 314 Å². The number of aliphatic hydroxyl groups excluding tert-OH is 3. The van der Waals surface area contributed by atoms with Gasteiger partial charge in [-0.1, -0.05) is 134 Å². The molecule has 0 radical (unpaired) electrons. The maximum Gasteiger partial charge on any atom is 0.472 e. The monoisotopic (exact) mass is 758 g/mol. The summed E-state index contributed by atoms with van der Waals surface area (Å²) in [5.41, 5.74) is 0. The first-order chi connectivity index (χ1) is 25.0. The minimum atomic E-state index is -4.64. The van der Waals surface area contributed by atoms with Crippen LogP contribution in [0.2, 0.25) is 0 Å². The number of carbonyl (C=O) groups excluding carboxylic acids is 2. The Morgan fingerprint density at radius 3 is 2.04 bits per heavy atom. The van der Waals surface area contributed by atoms with Crippen molar-refractivity contribution in [2.45, 2.75) is 161 Å². The maximum atomic E-state index is 12.5. The highest BCUT2D eigenvalue weighted by Gasteiger charge is 2.27. The number of carbonyl (C=O) groups is 2. The number of hydrogen-bond donors (Lipinski definition) is 4. The summed E-state index contributed by atoms with van der Waals surface area (Å²) in [6.45, 7) is 4.44. The van der Waals surface area contributed by atoms with Crippen LogP contribution in [0.4, 0.5) is 0 Å². The van der Waals surface area contributed by atoms with E-state index in [-0.39, 0.29) is 19.4 Å². The Morgan fingerprint density at radius 2 is 1.35 bits per heavy atom. The fourth-order valence-electron chi connectivity index (χ4n) is 4.90. The molecule has 0 rings (SSSR count). The minimum Gasteiger partial charge on any atom is -0.462 e. The van der Waals surface area contributed by atoms with E-state index in [0.717, 1.165) is 31.6 Å². The van der Waals surface area contributed by atoms with Gasteiger partial charge in [0, 0.05) is 12.8 Å². The van der Waals surface area contributed by atoms with Gasteiger partial charge in [-0.2, -0.15) is 0 Å². The van der Waals surface area contributed by atoms with E-state index in [0.29, 0.717) is 32.1 Å². The second kappa shape index (κ2) is 34.6. The first-order valence-electron chi connectivity index (χ1n) is 19.6. The molecule has 0 amide bonds. The number of hydrogen-bond acceptors (Lipinski definition) is 10. The largest absolute Gasteiger partial charge is 0.472 e. The molecule has 0 aromatic carbocycles. The normalized spacial score (nSPS) is 15.2. The zero-order valence-electron chi connectivity index (χ0n) is 32.3. The molecule has 0 heterocycles. The van der Waals surface area contributed by atoms with E-state index in [1.54, 1.807) is 6.08 Å². The van der Waals surface area contributed by atoms with Crippen LogP contribution in [0.1, 0.15) is 143 Å². The lowest BCUT2D eigenvalue weighted by molar-refractivity contribution is -0.161. The third kappa shape index (κ3) is 34.9. The van der Waals surface area contributed by atoms with Gasteiger partial charge in [-0.25, -0.2) is 4.57 Å². The fourth-order valence-corrected chi connectivity index (χ4v) is 5.69. The predicted octanol–water partition coefficient (Wildman–Crippen LogP) is 8.60. The molecule has 11 nitrogen and oxygen atoms in total. The first kappa shape index (κ1) is 49.9. The lowest BCUT2D eigenvalue weighted by Gasteiger charge is -2.20. The highest BCUT2D eigenvalue weighted by Crippen LogP contribution is 2.43. The number of esters is 2. The molecule has 0 saturated heterocycles. The average molecular weight is 759 g/mol. The second-order valence-electron chi connectivity index (χ2n) is 13.6. The second-order valence-corrected chi connectivity index (χ2v) is 15.1. The molecule has 0 fully saturated rings. The van der Waals surface area contributed by atoms with Gasteiger partial charge in [0.2, 0.25) is 0 Å². The molecular formula is C40H71O11P. The molecule has 0 aromatic heterocycles. The van der Waals surface area contributed by atoms with Crippen molar-refractivity contribution in [2.24, 2.45) is 5.92 Å². The van der Waals surface area contributed by atoms with Crippen LogP contribution in [0.5, 0.6) is 0 Å². The van der Waals surface area contributed by atoms with Gasteiger partial charge in [-0.15, -0.1) is 0 Å². The average Bonchev–Trinajstić information content (AvgIpc) is 3.11. The number of allylic oxidation sites excluding steroid dienone is 6. The van der Waals surface area contributed by atoms with Crippen molar-refractivity contribution in [3.05, 3.63) is 48.6 Å². The number of unbranched alkanes of at least 4 members (excludes halogenated alkanes) is 11. The van der Waals surface area contributed by atoms with Crippen molar-refractivity contribution in [3.63, 3.8) is 0 Å². The van der Waals surface area contributed by atoms with Gasteiger partial charge in [0.15, 0.2) is 6.10 Å². The van der Waals surface area contributed by atoms with Crippen LogP contribution in [0.25, 0.3) is 0 Å². The Kier molecular flexibility index (Phi) is 33.2. The van der Waals surface area contributed by atoms with E-state index >= 15 is 0 Å². The summed E-state index contributed by atoms with van der Waals surface area (Å²) < 4.78 is 32.5. The Bertz CT molecular complexity index is 1040. The molecular weight excluding hydrogens is 687 g/mol. The lowest BCUT2D eigenvalue weighted by Crippen LogP contribution is -2.29. The molecule has 52 heavy (non-hydrogen) atoms. The maximum absolute atomic E-state index is 12.5. The zero-order valence-corrected chi connectivity index (χ0v) is 33.2. The zero-order chi connectivity index (χ0) is 38.7. The van der Waals surface area contributed by atoms with Crippen molar-refractivity contribution in [2.75, 3.05) is 26.4 Å². The molecule has 0 aromatic rings. The molecule has 12 heteroatoms. The van der Waals surface area contributed by atoms with Gasteiger partial charge in [-0.05, 0) is 50.9 Å². The molecule has 1 unspecified atom stereocenters. The molecule has 0 bridgehead atoms. The molecule has 4 atom stereocenters. The van der Waals surface area contributed by atoms with Crippen molar-refractivity contribution in [3.8, 4) is 0 Å². The van der Waals surface area contributed by atoms with Gasteiger partial charge < -0.3 is 29.7 Å². The Balaban J connectivity index is 4.54.